The summed E-state index contributed by atoms with van der Waals surface area (Å²) in [4.78, 5) is 14.1. The molecular formula is C8H8N2OS2. The van der Waals surface area contributed by atoms with E-state index in [2.05, 4.69) is 10.3 Å². The van der Waals surface area contributed by atoms with Crippen LogP contribution in [0.25, 0.3) is 0 Å². The van der Waals surface area contributed by atoms with Crippen molar-refractivity contribution in [2.24, 2.45) is 0 Å². The number of aromatic nitrogens is 1. The number of aldehydes is 1. The molecule has 0 radical (unpaired) electrons. The molecule has 0 aromatic carbocycles. The Labute approximate surface area is 85.9 Å². The number of anilines is 1. The van der Waals surface area contributed by atoms with Crippen LogP contribution in [0.15, 0.2) is 24.4 Å². The molecule has 1 N–H and O–H groups in total. The summed E-state index contributed by atoms with van der Waals surface area (Å²) < 4.78 is 0.561. The molecule has 0 aliphatic carbocycles. The summed E-state index contributed by atoms with van der Waals surface area (Å²) in [5.74, 6) is 1.07. The van der Waals surface area contributed by atoms with Crippen molar-refractivity contribution in [3.8, 4) is 0 Å². The number of carbonyl (C=O) groups excluding carboxylic acids is 1. The third-order valence-electron chi connectivity index (χ3n) is 1.18. The van der Waals surface area contributed by atoms with E-state index in [0.29, 0.717) is 15.9 Å². The molecule has 13 heavy (non-hydrogen) atoms. The summed E-state index contributed by atoms with van der Waals surface area (Å²) in [7, 11) is 0. The van der Waals surface area contributed by atoms with Crippen LogP contribution in [0.1, 0.15) is 0 Å². The van der Waals surface area contributed by atoms with Crippen LogP contribution < -0.4 is 5.32 Å². The van der Waals surface area contributed by atoms with E-state index < -0.39 is 0 Å². The molecule has 3 nitrogen and oxygen atoms in total. The van der Waals surface area contributed by atoms with Gasteiger partial charge in [-0.3, -0.25) is 0 Å². The summed E-state index contributed by atoms with van der Waals surface area (Å²) in [5, 5.41) is 2.90. The van der Waals surface area contributed by atoms with Crippen LogP contribution in [-0.2, 0) is 4.79 Å². The third kappa shape index (κ3) is 4.00. The van der Waals surface area contributed by atoms with Gasteiger partial charge in [0, 0.05) is 6.20 Å². The fourth-order valence-corrected chi connectivity index (χ4v) is 1.39. The van der Waals surface area contributed by atoms with E-state index >= 15 is 0 Å². The molecule has 1 aromatic rings. The zero-order chi connectivity index (χ0) is 9.52. The number of rotatable bonds is 3. The minimum Gasteiger partial charge on any atom is -0.326 e. The van der Waals surface area contributed by atoms with Crippen LogP contribution in [0.5, 0.6) is 0 Å². The zero-order valence-corrected chi connectivity index (χ0v) is 8.40. The first kappa shape index (κ1) is 10.1. The Bertz CT molecular complexity index is 289. The number of nitrogens with zero attached hydrogens (tertiary/aromatic N) is 1. The molecule has 0 atom stereocenters. The van der Waals surface area contributed by atoms with Crippen molar-refractivity contribution in [3.05, 3.63) is 24.4 Å². The molecule has 5 heteroatoms. The summed E-state index contributed by atoms with van der Waals surface area (Å²) in [6, 6.07) is 5.50. The first-order chi connectivity index (χ1) is 6.33. The Morgan fingerprint density at radius 3 is 3.15 bits per heavy atom. The van der Waals surface area contributed by atoms with Gasteiger partial charge in [-0.2, -0.15) is 0 Å². The van der Waals surface area contributed by atoms with Gasteiger partial charge in [0.25, 0.3) is 0 Å². The van der Waals surface area contributed by atoms with Crippen LogP contribution in [0.2, 0.25) is 0 Å². The lowest BCUT2D eigenvalue weighted by molar-refractivity contribution is -0.105. The van der Waals surface area contributed by atoms with Crippen molar-refractivity contribution in [3.63, 3.8) is 0 Å². The van der Waals surface area contributed by atoms with E-state index in [1.54, 1.807) is 6.20 Å². The Kier molecular flexibility index (Phi) is 4.42. The normalized spacial score (nSPS) is 9.23. The Morgan fingerprint density at radius 1 is 1.69 bits per heavy atom. The van der Waals surface area contributed by atoms with Crippen molar-refractivity contribution in [1.29, 1.82) is 0 Å². The van der Waals surface area contributed by atoms with Gasteiger partial charge in [0.1, 0.15) is 16.4 Å². The molecule has 0 unspecified atom stereocenters. The van der Waals surface area contributed by atoms with Crippen LogP contribution in [0.4, 0.5) is 5.82 Å². The number of hydrogen-bond donors (Lipinski definition) is 1. The molecule has 0 saturated heterocycles. The number of nitrogens with one attached hydrogen (secondary N) is 1. The molecule has 0 aliphatic rings. The van der Waals surface area contributed by atoms with Gasteiger partial charge >= 0.3 is 0 Å². The van der Waals surface area contributed by atoms with E-state index in [1.807, 2.05) is 18.2 Å². The smallest absolute Gasteiger partial charge is 0.139 e. The van der Waals surface area contributed by atoms with Crippen molar-refractivity contribution >= 4 is 40.4 Å². The van der Waals surface area contributed by atoms with Crippen LogP contribution >= 0.6 is 24.0 Å². The maximum absolute atomic E-state index is 10.0. The van der Waals surface area contributed by atoms with Gasteiger partial charge in [-0.1, -0.05) is 30.0 Å². The topological polar surface area (TPSA) is 42.0 Å². The van der Waals surface area contributed by atoms with Gasteiger partial charge in [-0.15, -0.1) is 0 Å². The van der Waals surface area contributed by atoms with Gasteiger partial charge in [-0.25, -0.2) is 4.98 Å². The van der Waals surface area contributed by atoms with Crippen molar-refractivity contribution < 1.29 is 4.79 Å². The summed E-state index contributed by atoms with van der Waals surface area (Å²) in [6.45, 7) is 0. The Morgan fingerprint density at radius 2 is 2.54 bits per heavy atom. The molecule has 1 aromatic heterocycles. The molecular weight excluding hydrogens is 204 g/mol. The summed E-state index contributed by atoms with van der Waals surface area (Å²) in [6.07, 6.45) is 2.49. The molecule has 0 bridgehead atoms. The van der Waals surface area contributed by atoms with E-state index in [4.69, 9.17) is 12.2 Å². The highest BCUT2D eigenvalue weighted by atomic mass is 32.2. The van der Waals surface area contributed by atoms with Crippen molar-refractivity contribution in [1.82, 2.24) is 4.98 Å². The van der Waals surface area contributed by atoms with E-state index in [0.717, 1.165) is 6.29 Å². The predicted molar refractivity (Wildman–Crippen MR) is 59.0 cm³/mol. The van der Waals surface area contributed by atoms with Gasteiger partial charge in [0.2, 0.25) is 0 Å². The third-order valence-corrected chi connectivity index (χ3v) is 2.30. The monoisotopic (exact) mass is 212 g/mol. The van der Waals surface area contributed by atoms with Gasteiger partial charge in [-0.05, 0) is 12.1 Å². The molecule has 1 heterocycles. The Balaban J connectivity index is 2.41. The SMILES string of the molecule is O=CCSC(=S)Nc1ccccn1. The maximum Gasteiger partial charge on any atom is 0.139 e. The molecule has 1 rings (SSSR count). The van der Waals surface area contributed by atoms with E-state index in [-0.39, 0.29) is 0 Å². The molecule has 0 fully saturated rings. The largest absolute Gasteiger partial charge is 0.326 e. The molecule has 0 amide bonds. The summed E-state index contributed by atoms with van der Waals surface area (Å²) in [5.41, 5.74) is 0. The first-order valence-electron chi connectivity index (χ1n) is 3.61. The summed E-state index contributed by atoms with van der Waals surface area (Å²) >= 11 is 6.24. The highest BCUT2D eigenvalue weighted by Crippen LogP contribution is 2.07. The number of thioether (sulfide) groups is 1. The Hall–Kier alpha value is -0.940. The van der Waals surface area contributed by atoms with Gasteiger partial charge < -0.3 is 10.1 Å². The van der Waals surface area contributed by atoms with Crippen LogP contribution in [0, 0.1) is 0 Å². The lowest BCUT2D eigenvalue weighted by Crippen LogP contribution is -2.06. The van der Waals surface area contributed by atoms with Crippen LogP contribution in [0.3, 0.4) is 0 Å². The van der Waals surface area contributed by atoms with Gasteiger partial charge in [0.15, 0.2) is 0 Å². The minimum absolute atomic E-state index is 0.374. The molecule has 0 saturated carbocycles. The molecule has 68 valence electrons. The standard InChI is InChI=1S/C8H8N2OS2/c11-5-6-13-8(12)10-7-3-1-2-4-9-7/h1-5H,6H2,(H,9,10,12). The maximum atomic E-state index is 10.0. The lowest BCUT2D eigenvalue weighted by atomic mass is 10.5. The fraction of sp³-hybridized carbons (Fsp3) is 0.125. The van der Waals surface area contributed by atoms with Crippen molar-refractivity contribution in [2.75, 3.05) is 11.1 Å². The van der Waals surface area contributed by atoms with E-state index in [1.165, 1.54) is 11.8 Å². The quantitative estimate of drug-likeness (QED) is 0.610. The minimum atomic E-state index is 0.374. The number of thiocarbonyl (C=S) groups is 1. The molecule has 0 aliphatic heterocycles. The number of hydrogen-bond acceptors (Lipinski definition) is 4. The predicted octanol–water partition coefficient (Wildman–Crippen LogP) is 1.71. The number of pyridine rings is 1. The first-order valence-corrected chi connectivity index (χ1v) is 5.01. The highest BCUT2D eigenvalue weighted by molar-refractivity contribution is 8.23. The van der Waals surface area contributed by atoms with Gasteiger partial charge in [0.05, 0.1) is 5.75 Å². The number of carbonyl (C=O) groups is 1. The van der Waals surface area contributed by atoms with Crippen LogP contribution in [-0.4, -0.2) is 21.3 Å². The lowest BCUT2D eigenvalue weighted by Gasteiger charge is -2.03. The second-order valence-corrected chi connectivity index (χ2v) is 3.80. The van der Waals surface area contributed by atoms with E-state index in [9.17, 15) is 4.79 Å². The second-order valence-electron chi connectivity index (χ2n) is 2.11. The average molecular weight is 212 g/mol. The average Bonchev–Trinajstić information content (AvgIpc) is 2.16. The van der Waals surface area contributed by atoms with Crippen molar-refractivity contribution in [2.45, 2.75) is 0 Å². The zero-order valence-electron chi connectivity index (χ0n) is 6.77. The molecule has 0 spiro atoms. The highest BCUT2D eigenvalue weighted by Gasteiger charge is 1.97. The second kappa shape index (κ2) is 5.66. The fourth-order valence-electron chi connectivity index (χ4n) is 0.687.